The van der Waals surface area contributed by atoms with Gasteiger partial charge in [0.05, 0.1) is 39.0 Å². The monoisotopic (exact) mass is 597 g/mol. The SMILES string of the molecule is CC[Si](CC)(CC)O[C@@H](C/C=C\C#C/C=C/[C@@H](Cc1nc(C(=O)O)co1)OC)C(C)(C)COCc1ccc(OC)cc1. The molecule has 0 aliphatic carbocycles. The number of carboxylic acid groups (broad SMARTS) is 1. The molecule has 1 N–H and O–H groups in total. The fourth-order valence-corrected chi connectivity index (χ4v) is 7.50. The fraction of sp³-hybridized carbons (Fsp3) is 0.515. The number of aromatic nitrogens is 1. The van der Waals surface area contributed by atoms with Gasteiger partial charge < -0.3 is 28.2 Å². The molecule has 0 aliphatic rings. The van der Waals surface area contributed by atoms with E-state index in [1.165, 1.54) is 0 Å². The molecule has 0 spiro atoms. The first-order valence-corrected chi connectivity index (χ1v) is 17.1. The summed E-state index contributed by atoms with van der Waals surface area (Å²) in [5, 5.41) is 8.99. The van der Waals surface area contributed by atoms with E-state index < -0.39 is 14.3 Å². The number of aromatic carboxylic acids is 1. The number of carbonyl (C=O) groups is 1. The number of benzene rings is 1. The van der Waals surface area contributed by atoms with Gasteiger partial charge in [-0.1, -0.05) is 64.7 Å². The van der Waals surface area contributed by atoms with Crippen LogP contribution in [0.25, 0.3) is 0 Å². The number of allylic oxidation sites excluding steroid dienone is 2. The van der Waals surface area contributed by atoms with Crippen LogP contribution in [-0.2, 0) is 26.9 Å². The van der Waals surface area contributed by atoms with Crippen LogP contribution >= 0.6 is 0 Å². The second-order valence-corrected chi connectivity index (χ2v) is 15.6. The van der Waals surface area contributed by atoms with Gasteiger partial charge in [0.25, 0.3) is 0 Å². The van der Waals surface area contributed by atoms with E-state index in [1.807, 2.05) is 30.3 Å². The summed E-state index contributed by atoms with van der Waals surface area (Å²) in [7, 11) is 1.38. The number of oxazole rings is 1. The number of methoxy groups -OCH3 is 2. The van der Waals surface area contributed by atoms with Gasteiger partial charge in [0, 0.05) is 12.5 Å². The molecular weight excluding hydrogens is 550 g/mol. The van der Waals surface area contributed by atoms with Crippen LogP contribution in [0.4, 0.5) is 0 Å². The lowest BCUT2D eigenvalue weighted by Gasteiger charge is -2.41. The van der Waals surface area contributed by atoms with Crippen LogP contribution in [0.1, 0.15) is 63.0 Å². The van der Waals surface area contributed by atoms with Crippen molar-refractivity contribution in [3.05, 3.63) is 72.0 Å². The molecule has 0 bridgehead atoms. The van der Waals surface area contributed by atoms with E-state index in [-0.39, 0.29) is 23.3 Å². The summed E-state index contributed by atoms with van der Waals surface area (Å²) in [5.41, 5.74) is 0.779. The molecule has 0 fully saturated rings. The van der Waals surface area contributed by atoms with Crippen molar-refractivity contribution >= 4 is 14.3 Å². The van der Waals surface area contributed by atoms with E-state index in [4.69, 9.17) is 28.2 Å². The summed E-state index contributed by atoms with van der Waals surface area (Å²) in [6.45, 7) is 12.3. The maximum absolute atomic E-state index is 11.0. The van der Waals surface area contributed by atoms with Gasteiger partial charge in [0.2, 0.25) is 0 Å². The van der Waals surface area contributed by atoms with Crippen molar-refractivity contribution in [2.24, 2.45) is 5.41 Å². The van der Waals surface area contributed by atoms with E-state index >= 15 is 0 Å². The Hall–Kier alpha value is -3.16. The fourth-order valence-electron chi connectivity index (χ4n) is 4.48. The molecule has 42 heavy (non-hydrogen) atoms. The first-order valence-electron chi connectivity index (χ1n) is 14.5. The Morgan fingerprint density at radius 3 is 2.33 bits per heavy atom. The van der Waals surface area contributed by atoms with Crippen LogP contribution in [0.15, 0.2) is 59.2 Å². The Kier molecular flexibility index (Phi) is 14.8. The molecule has 8 nitrogen and oxygen atoms in total. The highest BCUT2D eigenvalue weighted by Gasteiger charge is 2.38. The van der Waals surface area contributed by atoms with E-state index in [0.29, 0.717) is 25.5 Å². The summed E-state index contributed by atoms with van der Waals surface area (Å²) >= 11 is 0. The average molecular weight is 598 g/mol. The van der Waals surface area contributed by atoms with E-state index in [9.17, 15) is 4.79 Å². The van der Waals surface area contributed by atoms with Crippen molar-refractivity contribution in [2.75, 3.05) is 20.8 Å². The molecule has 9 heteroatoms. The standard InChI is InChI=1S/C33H47NO7Si/c1-8-42(9-2,10-3)41-30(33(4,5)25-39-23-26-18-20-27(37-6)21-19-26)17-15-13-11-12-14-16-28(38-7)22-31-34-29(24-40-31)32(35)36/h13-16,18-21,24,28,30H,8-10,17,22-23,25H2,1-7H3,(H,35,36)/b15-13-,16-14+/t28-,30-/m0/s1. The summed E-state index contributed by atoms with van der Waals surface area (Å²) in [6, 6.07) is 11.2. The highest BCUT2D eigenvalue weighted by molar-refractivity contribution is 6.73. The molecule has 0 unspecified atom stereocenters. The summed E-state index contributed by atoms with van der Waals surface area (Å²) in [4.78, 5) is 14.9. The van der Waals surface area contributed by atoms with Gasteiger partial charge in [-0.3, -0.25) is 0 Å². The first kappa shape index (κ1) is 35.0. The zero-order chi connectivity index (χ0) is 31.0. The quantitative estimate of drug-likeness (QED) is 0.144. The summed E-state index contributed by atoms with van der Waals surface area (Å²) in [5.74, 6) is 6.06. The smallest absolute Gasteiger partial charge is 0.357 e. The van der Waals surface area contributed by atoms with E-state index in [1.54, 1.807) is 26.4 Å². The minimum Gasteiger partial charge on any atom is -0.497 e. The first-order chi connectivity index (χ1) is 20.1. The summed E-state index contributed by atoms with van der Waals surface area (Å²) < 4.78 is 29.1. The normalized spacial score (nSPS) is 13.7. The molecule has 0 aliphatic heterocycles. The Labute approximate surface area is 252 Å². The number of ether oxygens (including phenoxy) is 3. The molecular formula is C33H47NO7Si. The number of nitrogens with zero attached hydrogens (tertiary/aromatic N) is 1. The van der Waals surface area contributed by atoms with Gasteiger partial charge in [0.1, 0.15) is 12.0 Å². The van der Waals surface area contributed by atoms with Crippen molar-refractivity contribution in [3.8, 4) is 17.6 Å². The molecule has 1 aromatic carbocycles. The minimum atomic E-state index is -1.85. The van der Waals surface area contributed by atoms with Crippen LogP contribution in [0.2, 0.25) is 18.1 Å². The molecule has 2 atom stereocenters. The predicted molar refractivity (Wildman–Crippen MR) is 167 cm³/mol. The third-order valence-electron chi connectivity index (χ3n) is 7.58. The molecule has 0 radical (unpaired) electrons. The van der Waals surface area contributed by atoms with Crippen LogP contribution in [0.5, 0.6) is 5.75 Å². The molecule has 230 valence electrons. The van der Waals surface area contributed by atoms with Gasteiger partial charge in [-0.25, -0.2) is 9.78 Å². The van der Waals surface area contributed by atoms with Crippen LogP contribution in [-0.4, -0.2) is 57.4 Å². The maximum Gasteiger partial charge on any atom is 0.357 e. The maximum atomic E-state index is 11.0. The van der Waals surface area contributed by atoms with E-state index in [2.05, 4.69) is 57.5 Å². The van der Waals surface area contributed by atoms with Crippen molar-refractivity contribution < 1.29 is 33.0 Å². The van der Waals surface area contributed by atoms with Crippen molar-refractivity contribution in [2.45, 2.75) is 84.4 Å². The van der Waals surface area contributed by atoms with Gasteiger partial charge >= 0.3 is 5.97 Å². The highest BCUT2D eigenvalue weighted by Crippen LogP contribution is 2.33. The Bertz CT molecular complexity index is 1190. The van der Waals surface area contributed by atoms with Crippen LogP contribution in [0, 0.1) is 17.3 Å². The Balaban J connectivity index is 2.02. The molecule has 0 saturated carbocycles. The van der Waals surface area contributed by atoms with Gasteiger partial charge in [-0.05, 0) is 60.5 Å². The summed E-state index contributed by atoms with van der Waals surface area (Å²) in [6.07, 6.45) is 9.28. The average Bonchev–Trinajstić information content (AvgIpc) is 3.47. The molecule has 2 aromatic rings. The lowest BCUT2D eigenvalue weighted by Crippen LogP contribution is -2.46. The van der Waals surface area contributed by atoms with Gasteiger partial charge in [-0.15, -0.1) is 0 Å². The predicted octanol–water partition coefficient (Wildman–Crippen LogP) is 7.08. The van der Waals surface area contributed by atoms with Gasteiger partial charge in [-0.2, -0.15) is 0 Å². The lowest BCUT2D eigenvalue weighted by atomic mass is 9.85. The number of hydrogen-bond donors (Lipinski definition) is 1. The molecule has 0 amide bonds. The van der Waals surface area contributed by atoms with Crippen LogP contribution in [0.3, 0.4) is 0 Å². The van der Waals surface area contributed by atoms with Gasteiger partial charge in [0.15, 0.2) is 19.9 Å². The van der Waals surface area contributed by atoms with Crippen molar-refractivity contribution in [3.63, 3.8) is 0 Å². The minimum absolute atomic E-state index is 0.00263. The topological polar surface area (TPSA) is 100 Å². The zero-order valence-electron chi connectivity index (χ0n) is 26.1. The second kappa shape index (κ2) is 17.7. The number of rotatable bonds is 18. The Morgan fingerprint density at radius 2 is 1.76 bits per heavy atom. The lowest BCUT2D eigenvalue weighted by molar-refractivity contribution is -0.0207. The molecule has 1 heterocycles. The zero-order valence-corrected chi connectivity index (χ0v) is 27.1. The molecule has 1 aromatic heterocycles. The number of carboxylic acids is 1. The van der Waals surface area contributed by atoms with Crippen molar-refractivity contribution in [1.29, 1.82) is 0 Å². The Morgan fingerprint density at radius 1 is 1.10 bits per heavy atom. The largest absolute Gasteiger partial charge is 0.497 e. The molecule has 0 saturated heterocycles. The third kappa shape index (κ3) is 11.3. The highest BCUT2D eigenvalue weighted by atomic mass is 28.4. The third-order valence-corrected chi connectivity index (χ3v) is 12.2. The number of hydrogen-bond acceptors (Lipinski definition) is 7. The van der Waals surface area contributed by atoms with Crippen LogP contribution < -0.4 is 4.74 Å². The molecule has 2 rings (SSSR count). The second-order valence-electron chi connectivity index (χ2n) is 10.9. The van der Waals surface area contributed by atoms with E-state index in [0.717, 1.165) is 42.1 Å². The van der Waals surface area contributed by atoms with Crippen molar-refractivity contribution in [1.82, 2.24) is 4.98 Å².